The molecule has 0 fully saturated rings. The van der Waals surface area contributed by atoms with Crippen LogP contribution >= 0.6 is 15.9 Å². The van der Waals surface area contributed by atoms with E-state index in [1.165, 1.54) is 0 Å². The summed E-state index contributed by atoms with van der Waals surface area (Å²) >= 11 is 3.40. The second kappa shape index (κ2) is 6.53. The molecule has 1 aromatic carbocycles. The van der Waals surface area contributed by atoms with Gasteiger partial charge in [0.2, 0.25) is 0 Å². The van der Waals surface area contributed by atoms with Crippen molar-refractivity contribution in [2.24, 2.45) is 0 Å². The third-order valence-electron chi connectivity index (χ3n) is 3.12. The minimum Gasteiger partial charge on any atom is -0.347 e. The summed E-state index contributed by atoms with van der Waals surface area (Å²) in [6.45, 7) is 0.428. The van der Waals surface area contributed by atoms with Gasteiger partial charge in [-0.15, -0.1) is 0 Å². The number of pyridine rings is 1. The highest BCUT2D eigenvalue weighted by Gasteiger charge is 2.09. The van der Waals surface area contributed by atoms with E-state index in [2.05, 4.69) is 31.2 Å². The van der Waals surface area contributed by atoms with Crippen molar-refractivity contribution in [3.05, 3.63) is 77.0 Å². The molecule has 0 unspecified atom stereocenters. The van der Waals surface area contributed by atoms with Gasteiger partial charge < -0.3 is 9.88 Å². The topological polar surface area (TPSA) is 59.8 Å². The Labute approximate surface area is 136 Å². The Balaban J connectivity index is 1.68. The number of halogens is 1. The molecule has 0 atom stereocenters. The number of carbonyl (C=O) groups excluding carboxylic acids is 1. The van der Waals surface area contributed by atoms with Crippen LogP contribution in [0.3, 0.4) is 0 Å². The highest BCUT2D eigenvalue weighted by atomic mass is 79.9. The van der Waals surface area contributed by atoms with E-state index in [1.54, 1.807) is 24.9 Å². The van der Waals surface area contributed by atoms with Crippen molar-refractivity contribution in [2.75, 3.05) is 0 Å². The zero-order valence-corrected chi connectivity index (χ0v) is 13.2. The number of nitrogens with zero attached hydrogens (tertiary/aromatic N) is 3. The van der Waals surface area contributed by atoms with Gasteiger partial charge in [-0.2, -0.15) is 0 Å². The largest absolute Gasteiger partial charge is 0.347 e. The van der Waals surface area contributed by atoms with Gasteiger partial charge in [-0.1, -0.05) is 22.0 Å². The van der Waals surface area contributed by atoms with Gasteiger partial charge in [-0.05, 0) is 35.9 Å². The number of hydrogen-bond acceptors (Lipinski definition) is 3. The van der Waals surface area contributed by atoms with Gasteiger partial charge in [0, 0.05) is 35.3 Å². The molecule has 0 aliphatic heterocycles. The molecule has 22 heavy (non-hydrogen) atoms. The average Bonchev–Trinajstić information content (AvgIpc) is 3.04. The lowest BCUT2D eigenvalue weighted by molar-refractivity contribution is 0.0946. The van der Waals surface area contributed by atoms with Gasteiger partial charge in [0.05, 0.1) is 0 Å². The van der Waals surface area contributed by atoms with Crippen LogP contribution < -0.4 is 5.32 Å². The highest BCUT2D eigenvalue weighted by Crippen LogP contribution is 2.14. The Hall–Kier alpha value is -2.47. The number of nitrogens with one attached hydrogen (secondary N) is 1. The number of aromatic nitrogens is 3. The van der Waals surface area contributed by atoms with Gasteiger partial charge in [0.15, 0.2) is 0 Å². The monoisotopic (exact) mass is 356 g/mol. The summed E-state index contributed by atoms with van der Waals surface area (Å²) in [7, 11) is 0. The summed E-state index contributed by atoms with van der Waals surface area (Å²) in [6, 6.07) is 11.5. The lowest BCUT2D eigenvalue weighted by Crippen LogP contribution is -2.23. The fraction of sp³-hybridized carbons (Fsp3) is 0.0625. The van der Waals surface area contributed by atoms with E-state index < -0.39 is 0 Å². The Morgan fingerprint density at radius 2 is 2.05 bits per heavy atom. The lowest BCUT2D eigenvalue weighted by atomic mass is 10.3. The molecule has 110 valence electrons. The molecule has 0 spiro atoms. The van der Waals surface area contributed by atoms with Crippen molar-refractivity contribution in [2.45, 2.75) is 6.54 Å². The first-order valence-electron chi connectivity index (χ1n) is 6.69. The van der Waals surface area contributed by atoms with Gasteiger partial charge in [-0.3, -0.25) is 9.78 Å². The number of carbonyl (C=O) groups is 1. The first-order chi connectivity index (χ1) is 10.7. The summed E-state index contributed by atoms with van der Waals surface area (Å²) in [5.41, 5.74) is 2.28. The SMILES string of the molecule is O=C(NCc1cccnc1)c1cn(-c2ccc(Br)cc2)cn1. The molecule has 0 aliphatic rings. The van der Waals surface area contributed by atoms with Crippen LogP contribution in [-0.2, 0) is 6.54 Å². The summed E-state index contributed by atoms with van der Waals surface area (Å²) in [6.07, 6.45) is 6.76. The minimum absolute atomic E-state index is 0.209. The number of imidazole rings is 1. The molecule has 1 amide bonds. The number of rotatable bonds is 4. The molecule has 6 heteroatoms. The van der Waals surface area contributed by atoms with Crippen LogP contribution in [0.25, 0.3) is 5.69 Å². The van der Waals surface area contributed by atoms with Crippen molar-refractivity contribution >= 4 is 21.8 Å². The molecular weight excluding hydrogens is 344 g/mol. The Kier molecular flexibility index (Phi) is 4.29. The van der Waals surface area contributed by atoms with E-state index >= 15 is 0 Å². The van der Waals surface area contributed by atoms with E-state index in [9.17, 15) is 4.79 Å². The van der Waals surface area contributed by atoms with Crippen molar-refractivity contribution in [1.82, 2.24) is 19.9 Å². The smallest absolute Gasteiger partial charge is 0.271 e. The number of hydrogen-bond donors (Lipinski definition) is 1. The van der Waals surface area contributed by atoms with Crippen LogP contribution in [-0.4, -0.2) is 20.4 Å². The zero-order chi connectivity index (χ0) is 15.4. The predicted octanol–water partition coefficient (Wildman–Crippen LogP) is 2.96. The summed E-state index contributed by atoms with van der Waals surface area (Å²) < 4.78 is 2.82. The molecule has 5 nitrogen and oxygen atoms in total. The van der Waals surface area contributed by atoms with Crippen molar-refractivity contribution in [3.8, 4) is 5.69 Å². The highest BCUT2D eigenvalue weighted by molar-refractivity contribution is 9.10. The molecule has 0 saturated heterocycles. The van der Waals surface area contributed by atoms with Gasteiger partial charge in [0.1, 0.15) is 12.0 Å². The van der Waals surface area contributed by atoms with Crippen LogP contribution in [0.1, 0.15) is 16.1 Å². The zero-order valence-electron chi connectivity index (χ0n) is 11.6. The lowest BCUT2D eigenvalue weighted by Gasteiger charge is -2.03. The third-order valence-corrected chi connectivity index (χ3v) is 3.64. The standard InChI is InChI=1S/C16H13BrN4O/c17-13-3-5-14(6-4-13)21-10-15(20-11-21)16(22)19-9-12-2-1-7-18-8-12/h1-8,10-11H,9H2,(H,19,22). The summed E-state index contributed by atoms with van der Waals surface area (Å²) in [4.78, 5) is 20.3. The number of benzene rings is 1. The molecule has 1 N–H and O–H groups in total. The number of amides is 1. The van der Waals surface area contributed by atoms with E-state index in [0.717, 1.165) is 15.7 Å². The first-order valence-corrected chi connectivity index (χ1v) is 7.49. The van der Waals surface area contributed by atoms with Crippen molar-refractivity contribution in [1.29, 1.82) is 0 Å². The second-order valence-electron chi connectivity index (χ2n) is 4.69. The summed E-state index contributed by atoms with van der Waals surface area (Å²) in [5, 5.41) is 2.83. The fourth-order valence-corrected chi connectivity index (χ4v) is 2.23. The Morgan fingerprint density at radius 3 is 2.77 bits per heavy atom. The normalized spacial score (nSPS) is 10.4. The molecule has 2 aromatic heterocycles. The molecule has 3 rings (SSSR count). The third kappa shape index (κ3) is 3.40. The molecule has 0 bridgehead atoms. The molecule has 3 aromatic rings. The minimum atomic E-state index is -0.209. The molecule has 0 saturated carbocycles. The summed E-state index contributed by atoms with van der Waals surface area (Å²) in [5.74, 6) is -0.209. The second-order valence-corrected chi connectivity index (χ2v) is 5.60. The van der Waals surface area contributed by atoms with E-state index in [-0.39, 0.29) is 5.91 Å². The quantitative estimate of drug-likeness (QED) is 0.781. The Bertz CT molecular complexity index is 768. The van der Waals surface area contributed by atoms with Gasteiger partial charge in [0.25, 0.3) is 5.91 Å². The molecule has 0 radical (unpaired) electrons. The van der Waals surface area contributed by atoms with Crippen molar-refractivity contribution < 1.29 is 4.79 Å². The van der Waals surface area contributed by atoms with Crippen LogP contribution in [0.4, 0.5) is 0 Å². The molecule has 0 aliphatic carbocycles. The van der Waals surface area contributed by atoms with Gasteiger partial charge in [-0.25, -0.2) is 4.98 Å². The Morgan fingerprint density at radius 1 is 1.23 bits per heavy atom. The van der Waals surface area contributed by atoms with Crippen molar-refractivity contribution in [3.63, 3.8) is 0 Å². The predicted molar refractivity (Wildman–Crippen MR) is 86.7 cm³/mol. The maximum atomic E-state index is 12.1. The average molecular weight is 357 g/mol. The van der Waals surface area contributed by atoms with E-state index in [4.69, 9.17) is 0 Å². The van der Waals surface area contributed by atoms with E-state index in [0.29, 0.717) is 12.2 Å². The van der Waals surface area contributed by atoms with Crippen LogP contribution in [0.15, 0.2) is 65.8 Å². The molecule has 2 heterocycles. The van der Waals surface area contributed by atoms with Crippen LogP contribution in [0.5, 0.6) is 0 Å². The van der Waals surface area contributed by atoms with E-state index in [1.807, 2.05) is 41.0 Å². The molecular formula is C16H13BrN4O. The van der Waals surface area contributed by atoms with Crippen LogP contribution in [0, 0.1) is 0 Å². The fourth-order valence-electron chi connectivity index (χ4n) is 1.97. The maximum Gasteiger partial charge on any atom is 0.271 e. The maximum absolute atomic E-state index is 12.1. The van der Waals surface area contributed by atoms with Crippen LogP contribution in [0.2, 0.25) is 0 Å². The van der Waals surface area contributed by atoms with Gasteiger partial charge >= 0.3 is 0 Å². The first kappa shape index (κ1) is 14.5.